The first-order valence-corrected chi connectivity index (χ1v) is 13.4. The number of hydrogen-bond acceptors (Lipinski definition) is 5. The predicted molar refractivity (Wildman–Crippen MR) is 144 cm³/mol. The number of likely N-dealkylation sites (N-methyl/N-ethyl adjacent to an activating group) is 1. The number of aryl methyl sites for hydroxylation is 1. The highest BCUT2D eigenvalue weighted by molar-refractivity contribution is 7.92. The van der Waals surface area contributed by atoms with Crippen LogP contribution in [0.15, 0.2) is 83.8 Å². The summed E-state index contributed by atoms with van der Waals surface area (Å²) < 4.78 is 33.9. The maximum Gasteiger partial charge on any atom is 0.264 e. The van der Waals surface area contributed by atoms with Gasteiger partial charge in [0.15, 0.2) is 0 Å². The molecule has 3 rings (SSSR count). The highest BCUT2D eigenvalue weighted by Crippen LogP contribution is 2.25. The van der Waals surface area contributed by atoms with Gasteiger partial charge in [0.05, 0.1) is 17.7 Å². The molecule has 8 nitrogen and oxygen atoms in total. The number of sulfonamides is 1. The van der Waals surface area contributed by atoms with Crippen LogP contribution in [0.3, 0.4) is 0 Å². The fraction of sp³-hybridized carbons (Fsp3) is 0.286. The molecule has 0 unspecified atom stereocenters. The van der Waals surface area contributed by atoms with Crippen LogP contribution in [0.5, 0.6) is 5.75 Å². The van der Waals surface area contributed by atoms with Gasteiger partial charge in [-0.15, -0.1) is 0 Å². The minimum Gasteiger partial charge on any atom is -0.497 e. The van der Waals surface area contributed by atoms with Gasteiger partial charge < -0.3 is 15.0 Å². The Morgan fingerprint density at radius 1 is 0.973 bits per heavy atom. The standard InChI is InChI=1S/C28H33N3O5S/c1-5-26(28(33)29-3)30(19-22-10-9-13-24(18-22)36-4)27(32)20-31(23-11-7-6-8-12-23)37(34,35)25-16-14-21(2)15-17-25/h6-18,26H,5,19-20H2,1-4H3,(H,29,33)/t26-/m1/s1. The number of benzene rings is 3. The number of ether oxygens (including phenoxy) is 1. The quantitative estimate of drug-likeness (QED) is 0.413. The number of carbonyl (C=O) groups is 2. The van der Waals surface area contributed by atoms with E-state index >= 15 is 0 Å². The Morgan fingerprint density at radius 3 is 2.24 bits per heavy atom. The number of para-hydroxylation sites is 1. The minimum absolute atomic E-state index is 0.0763. The van der Waals surface area contributed by atoms with E-state index in [2.05, 4.69) is 5.32 Å². The molecule has 0 bridgehead atoms. The lowest BCUT2D eigenvalue weighted by Crippen LogP contribution is -2.51. The van der Waals surface area contributed by atoms with E-state index in [4.69, 9.17) is 4.74 Å². The average Bonchev–Trinajstić information content (AvgIpc) is 2.92. The fourth-order valence-electron chi connectivity index (χ4n) is 4.01. The molecule has 3 aromatic rings. The zero-order chi connectivity index (χ0) is 27.0. The summed E-state index contributed by atoms with van der Waals surface area (Å²) in [7, 11) is -1.01. The van der Waals surface area contributed by atoms with Crippen molar-refractivity contribution in [3.63, 3.8) is 0 Å². The van der Waals surface area contributed by atoms with E-state index < -0.39 is 28.5 Å². The topological polar surface area (TPSA) is 96.0 Å². The van der Waals surface area contributed by atoms with Crippen LogP contribution in [0.1, 0.15) is 24.5 Å². The third-order valence-electron chi connectivity index (χ3n) is 6.05. The molecule has 0 aromatic heterocycles. The van der Waals surface area contributed by atoms with Crippen molar-refractivity contribution in [3.05, 3.63) is 90.0 Å². The maximum absolute atomic E-state index is 13.8. The van der Waals surface area contributed by atoms with Crippen LogP contribution in [-0.4, -0.2) is 51.9 Å². The predicted octanol–water partition coefficient (Wildman–Crippen LogP) is 3.75. The Balaban J connectivity index is 2.03. The molecule has 3 aromatic carbocycles. The van der Waals surface area contributed by atoms with Crippen LogP contribution in [0.4, 0.5) is 5.69 Å². The van der Waals surface area contributed by atoms with E-state index in [1.54, 1.807) is 67.8 Å². The van der Waals surface area contributed by atoms with Crippen LogP contribution < -0.4 is 14.4 Å². The molecule has 0 aliphatic rings. The Kier molecular flexibility index (Phi) is 9.30. The summed E-state index contributed by atoms with van der Waals surface area (Å²) in [6.45, 7) is 3.31. The van der Waals surface area contributed by atoms with Gasteiger partial charge in [0.2, 0.25) is 11.8 Å². The van der Waals surface area contributed by atoms with Crippen molar-refractivity contribution in [2.75, 3.05) is 25.0 Å². The van der Waals surface area contributed by atoms with Gasteiger partial charge in [0, 0.05) is 13.6 Å². The van der Waals surface area contributed by atoms with Gasteiger partial charge >= 0.3 is 0 Å². The number of hydrogen-bond donors (Lipinski definition) is 1. The average molecular weight is 524 g/mol. The molecular weight excluding hydrogens is 490 g/mol. The molecular formula is C28H33N3O5S. The summed E-state index contributed by atoms with van der Waals surface area (Å²) >= 11 is 0. The number of methoxy groups -OCH3 is 1. The van der Waals surface area contributed by atoms with Crippen LogP contribution in [0.25, 0.3) is 0 Å². The second kappa shape index (κ2) is 12.4. The van der Waals surface area contributed by atoms with Crippen molar-refractivity contribution in [3.8, 4) is 5.75 Å². The Labute approximate surface area is 218 Å². The molecule has 0 aliphatic carbocycles. The van der Waals surface area contributed by atoms with E-state index in [-0.39, 0.29) is 17.3 Å². The first-order chi connectivity index (χ1) is 17.7. The maximum atomic E-state index is 13.8. The minimum atomic E-state index is -4.08. The largest absolute Gasteiger partial charge is 0.497 e. The van der Waals surface area contributed by atoms with Gasteiger partial charge in [-0.3, -0.25) is 13.9 Å². The first-order valence-electron chi connectivity index (χ1n) is 12.0. The Hall–Kier alpha value is -3.85. The fourth-order valence-corrected chi connectivity index (χ4v) is 5.43. The molecule has 0 aliphatic heterocycles. The highest BCUT2D eigenvalue weighted by atomic mass is 32.2. The van der Waals surface area contributed by atoms with E-state index in [0.29, 0.717) is 17.9 Å². The lowest BCUT2D eigenvalue weighted by atomic mass is 10.1. The van der Waals surface area contributed by atoms with Crippen molar-refractivity contribution in [2.45, 2.75) is 37.8 Å². The molecule has 9 heteroatoms. The Morgan fingerprint density at radius 2 is 1.65 bits per heavy atom. The van der Waals surface area contributed by atoms with E-state index in [9.17, 15) is 18.0 Å². The van der Waals surface area contributed by atoms with Crippen LogP contribution in [0, 0.1) is 6.92 Å². The Bertz CT molecular complexity index is 1310. The van der Waals surface area contributed by atoms with Gasteiger partial charge in [0.25, 0.3) is 10.0 Å². The van der Waals surface area contributed by atoms with Crippen molar-refractivity contribution >= 4 is 27.5 Å². The summed E-state index contributed by atoms with van der Waals surface area (Å²) in [5.41, 5.74) is 2.02. The summed E-state index contributed by atoms with van der Waals surface area (Å²) in [5, 5.41) is 2.62. The molecule has 0 radical (unpaired) electrons. The highest BCUT2D eigenvalue weighted by Gasteiger charge is 2.33. The summed E-state index contributed by atoms with van der Waals surface area (Å²) in [4.78, 5) is 28.1. The SMILES string of the molecule is CC[C@H](C(=O)NC)N(Cc1cccc(OC)c1)C(=O)CN(c1ccccc1)S(=O)(=O)c1ccc(C)cc1. The molecule has 0 spiro atoms. The molecule has 1 N–H and O–H groups in total. The lowest BCUT2D eigenvalue weighted by molar-refractivity contribution is -0.140. The van der Waals surface area contributed by atoms with E-state index in [1.165, 1.54) is 24.1 Å². The van der Waals surface area contributed by atoms with Crippen molar-refractivity contribution in [1.29, 1.82) is 0 Å². The first kappa shape index (κ1) is 27.7. The number of anilines is 1. The molecule has 0 fully saturated rings. The number of nitrogens with zero attached hydrogens (tertiary/aromatic N) is 2. The summed E-state index contributed by atoms with van der Waals surface area (Å²) in [5.74, 6) is -0.213. The van der Waals surface area contributed by atoms with Gasteiger partial charge in [0.1, 0.15) is 18.3 Å². The van der Waals surface area contributed by atoms with Gasteiger partial charge in [-0.1, -0.05) is 55.0 Å². The third-order valence-corrected chi connectivity index (χ3v) is 7.84. The van der Waals surface area contributed by atoms with Crippen LogP contribution in [-0.2, 0) is 26.2 Å². The van der Waals surface area contributed by atoms with Gasteiger partial charge in [-0.25, -0.2) is 8.42 Å². The monoisotopic (exact) mass is 523 g/mol. The molecule has 196 valence electrons. The zero-order valence-electron chi connectivity index (χ0n) is 21.5. The number of rotatable bonds is 11. The smallest absolute Gasteiger partial charge is 0.264 e. The van der Waals surface area contributed by atoms with Gasteiger partial charge in [-0.2, -0.15) is 0 Å². The van der Waals surface area contributed by atoms with Gasteiger partial charge in [-0.05, 0) is 55.3 Å². The zero-order valence-corrected chi connectivity index (χ0v) is 22.4. The molecule has 0 saturated carbocycles. The number of nitrogens with one attached hydrogen (secondary N) is 1. The molecule has 2 amide bonds. The molecule has 37 heavy (non-hydrogen) atoms. The van der Waals surface area contributed by atoms with Crippen molar-refractivity contribution in [1.82, 2.24) is 10.2 Å². The number of carbonyl (C=O) groups excluding carboxylic acids is 2. The van der Waals surface area contributed by atoms with Crippen LogP contribution in [0.2, 0.25) is 0 Å². The second-order valence-electron chi connectivity index (χ2n) is 8.57. The van der Waals surface area contributed by atoms with Crippen molar-refractivity contribution < 1.29 is 22.7 Å². The van der Waals surface area contributed by atoms with E-state index in [0.717, 1.165) is 15.4 Å². The third kappa shape index (κ3) is 6.68. The van der Waals surface area contributed by atoms with Crippen molar-refractivity contribution in [2.24, 2.45) is 0 Å². The molecule has 1 atom stereocenters. The lowest BCUT2D eigenvalue weighted by Gasteiger charge is -2.33. The second-order valence-corrected chi connectivity index (χ2v) is 10.4. The summed E-state index contributed by atoms with van der Waals surface area (Å²) in [6, 6.07) is 21.4. The van der Waals surface area contributed by atoms with E-state index in [1.807, 2.05) is 19.9 Å². The summed E-state index contributed by atoms with van der Waals surface area (Å²) in [6.07, 6.45) is 0.353. The normalized spacial score (nSPS) is 11.9. The number of amides is 2. The molecule has 0 heterocycles. The molecule has 0 saturated heterocycles. The van der Waals surface area contributed by atoms with Crippen LogP contribution >= 0.6 is 0 Å².